The molecule has 0 saturated carbocycles. The number of ether oxygens (including phenoxy) is 1. The minimum Gasteiger partial charge on any atom is -0.493 e. The second-order valence-electron chi connectivity index (χ2n) is 4.75. The van der Waals surface area contributed by atoms with E-state index in [4.69, 9.17) is 4.74 Å². The Morgan fingerprint density at radius 3 is 2.32 bits per heavy atom. The lowest BCUT2D eigenvalue weighted by Gasteiger charge is -2.10. The lowest BCUT2D eigenvalue weighted by Crippen LogP contribution is -2.16. The van der Waals surface area contributed by atoms with Gasteiger partial charge in [-0.15, -0.1) is 0 Å². The van der Waals surface area contributed by atoms with Crippen molar-refractivity contribution < 1.29 is 19.1 Å². The maximum atomic E-state index is 11.7. The van der Waals surface area contributed by atoms with Crippen molar-refractivity contribution in [2.45, 2.75) is 20.8 Å². The van der Waals surface area contributed by atoms with Gasteiger partial charge >= 0.3 is 0 Å². The largest absolute Gasteiger partial charge is 0.493 e. The summed E-state index contributed by atoms with van der Waals surface area (Å²) in [5.41, 5.74) is 0.272. The van der Waals surface area contributed by atoms with Crippen LogP contribution in [0.5, 0.6) is 0 Å². The molecule has 1 aliphatic carbocycles. The number of carbonyl (C=O) groups is 3. The van der Waals surface area contributed by atoms with Gasteiger partial charge in [-0.25, -0.2) is 0 Å². The Kier molecular flexibility index (Phi) is 4.98. The van der Waals surface area contributed by atoms with Crippen LogP contribution in [0.25, 0.3) is 0 Å². The minimum atomic E-state index is -0.343. The maximum absolute atomic E-state index is 11.7. The first-order chi connectivity index (χ1) is 8.86. The predicted octanol–water partition coefficient (Wildman–Crippen LogP) is 2.01. The molecule has 0 N–H and O–H groups in total. The van der Waals surface area contributed by atoms with E-state index in [-0.39, 0.29) is 40.5 Å². The lowest BCUT2D eigenvalue weighted by molar-refractivity contribution is -0.124. The van der Waals surface area contributed by atoms with Crippen molar-refractivity contribution >= 4 is 17.3 Å². The molecule has 1 rings (SSSR count). The molecule has 0 amide bonds. The molecule has 0 radical (unpaired) electrons. The number of allylic oxidation sites excluding steroid dienone is 5. The first-order valence-corrected chi connectivity index (χ1v) is 6.14. The Balaban J connectivity index is 2.82. The second-order valence-corrected chi connectivity index (χ2v) is 4.75. The van der Waals surface area contributed by atoms with Crippen LogP contribution in [0, 0.1) is 11.8 Å². The SMILES string of the molecule is COC1=CC(=O)C(/C=C/C(C)C(=O)C(C)C)=CC1=O. The predicted molar refractivity (Wildman–Crippen MR) is 71.3 cm³/mol. The molecular formula is C15H18O4. The standard InChI is InChI=1S/C15H18O4/c1-9(2)15(18)10(3)5-6-11-7-13(17)14(19-4)8-12(11)16/h5-10H,1-4H3/b6-5+. The summed E-state index contributed by atoms with van der Waals surface area (Å²) >= 11 is 0. The molecular weight excluding hydrogens is 244 g/mol. The van der Waals surface area contributed by atoms with Crippen LogP contribution in [0.2, 0.25) is 0 Å². The summed E-state index contributed by atoms with van der Waals surface area (Å²) in [5, 5.41) is 0. The van der Waals surface area contributed by atoms with Crippen LogP contribution in [0.15, 0.2) is 35.6 Å². The topological polar surface area (TPSA) is 60.4 Å². The number of hydrogen-bond acceptors (Lipinski definition) is 4. The molecule has 4 nitrogen and oxygen atoms in total. The van der Waals surface area contributed by atoms with Crippen LogP contribution < -0.4 is 0 Å². The summed E-state index contributed by atoms with van der Waals surface area (Å²) in [6.45, 7) is 5.43. The summed E-state index contributed by atoms with van der Waals surface area (Å²) in [6.07, 6.45) is 5.56. The van der Waals surface area contributed by atoms with Crippen molar-refractivity contribution in [3.05, 3.63) is 35.6 Å². The molecule has 1 unspecified atom stereocenters. The summed E-state index contributed by atoms with van der Waals surface area (Å²) in [5.74, 6) is -0.844. The van der Waals surface area contributed by atoms with E-state index in [2.05, 4.69) is 0 Å². The first-order valence-electron chi connectivity index (χ1n) is 6.14. The van der Waals surface area contributed by atoms with Crippen LogP contribution >= 0.6 is 0 Å². The van der Waals surface area contributed by atoms with Crippen LogP contribution in [-0.4, -0.2) is 24.5 Å². The van der Waals surface area contributed by atoms with Gasteiger partial charge in [0.2, 0.25) is 5.78 Å². The molecule has 102 valence electrons. The zero-order valence-electron chi connectivity index (χ0n) is 11.6. The molecule has 4 heteroatoms. The van der Waals surface area contributed by atoms with Gasteiger partial charge in [-0.1, -0.05) is 32.9 Å². The number of carbonyl (C=O) groups excluding carboxylic acids is 3. The van der Waals surface area contributed by atoms with Gasteiger partial charge in [-0.3, -0.25) is 14.4 Å². The summed E-state index contributed by atoms with van der Waals surface area (Å²) in [6, 6.07) is 0. The third-order valence-corrected chi connectivity index (χ3v) is 2.88. The number of ketones is 3. The molecule has 0 heterocycles. The zero-order valence-corrected chi connectivity index (χ0v) is 11.6. The van der Waals surface area contributed by atoms with Gasteiger partial charge in [-0.05, 0) is 0 Å². The fraction of sp³-hybridized carbons (Fsp3) is 0.400. The van der Waals surface area contributed by atoms with Gasteiger partial charge in [0, 0.05) is 29.6 Å². The Morgan fingerprint density at radius 1 is 1.16 bits per heavy atom. The molecule has 0 aliphatic heterocycles. The van der Waals surface area contributed by atoms with E-state index in [1.165, 1.54) is 19.3 Å². The van der Waals surface area contributed by atoms with E-state index in [1.807, 2.05) is 13.8 Å². The summed E-state index contributed by atoms with van der Waals surface area (Å²) < 4.78 is 4.79. The number of hydrogen-bond donors (Lipinski definition) is 0. The maximum Gasteiger partial charge on any atom is 0.221 e. The summed E-state index contributed by atoms with van der Waals surface area (Å²) in [7, 11) is 1.34. The monoisotopic (exact) mass is 262 g/mol. The Labute approximate surface area is 112 Å². The molecule has 0 aromatic heterocycles. The lowest BCUT2D eigenvalue weighted by atomic mass is 9.94. The fourth-order valence-corrected chi connectivity index (χ4v) is 1.72. The van der Waals surface area contributed by atoms with Gasteiger partial charge in [0.25, 0.3) is 0 Å². The average Bonchev–Trinajstić information content (AvgIpc) is 2.37. The van der Waals surface area contributed by atoms with Crippen molar-refractivity contribution in [1.82, 2.24) is 0 Å². The smallest absolute Gasteiger partial charge is 0.221 e. The van der Waals surface area contributed by atoms with E-state index in [9.17, 15) is 14.4 Å². The highest BCUT2D eigenvalue weighted by molar-refractivity contribution is 6.20. The third kappa shape index (κ3) is 3.74. The van der Waals surface area contributed by atoms with E-state index < -0.39 is 0 Å². The molecule has 19 heavy (non-hydrogen) atoms. The number of Topliss-reactive ketones (excluding diaryl/α,β-unsaturated/α-hetero) is 1. The molecule has 0 spiro atoms. The van der Waals surface area contributed by atoms with Gasteiger partial charge in [0.05, 0.1) is 7.11 Å². The highest BCUT2D eigenvalue weighted by Gasteiger charge is 2.20. The van der Waals surface area contributed by atoms with Crippen LogP contribution in [0.4, 0.5) is 0 Å². The van der Waals surface area contributed by atoms with Crippen molar-refractivity contribution in [2.75, 3.05) is 7.11 Å². The van der Waals surface area contributed by atoms with Gasteiger partial charge in [0.15, 0.2) is 11.5 Å². The Hall–Kier alpha value is -1.97. The molecule has 1 atom stereocenters. The molecule has 0 aromatic rings. The van der Waals surface area contributed by atoms with Crippen LogP contribution in [0.3, 0.4) is 0 Å². The molecule has 0 fully saturated rings. The molecule has 0 bridgehead atoms. The summed E-state index contributed by atoms with van der Waals surface area (Å²) in [4.78, 5) is 35.0. The number of methoxy groups -OCH3 is 1. The fourth-order valence-electron chi connectivity index (χ4n) is 1.72. The van der Waals surface area contributed by atoms with E-state index >= 15 is 0 Å². The average molecular weight is 262 g/mol. The van der Waals surface area contributed by atoms with Crippen molar-refractivity contribution in [2.24, 2.45) is 11.8 Å². The van der Waals surface area contributed by atoms with Gasteiger partial charge < -0.3 is 4.74 Å². The van der Waals surface area contributed by atoms with E-state index in [1.54, 1.807) is 13.0 Å². The minimum absolute atomic E-state index is 0.0356. The van der Waals surface area contributed by atoms with Crippen molar-refractivity contribution in [1.29, 1.82) is 0 Å². The zero-order chi connectivity index (χ0) is 14.6. The first kappa shape index (κ1) is 15.1. The molecule has 0 saturated heterocycles. The van der Waals surface area contributed by atoms with E-state index in [0.717, 1.165) is 6.08 Å². The Bertz CT molecular complexity index is 492. The van der Waals surface area contributed by atoms with Gasteiger partial charge in [0.1, 0.15) is 5.78 Å². The van der Waals surface area contributed by atoms with Gasteiger partial charge in [-0.2, -0.15) is 0 Å². The highest BCUT2D eigenvalue weighted by atomic mass is 16.5. The second kappa shape index (κ2) is 6.27. The molecule has 0 aromatic carbocycles. The highest BCUT2D eigenvalue weighted by Crippen LogP contribution is 2.15. The Morgan fingerprint density at radius 2 is 1.79 bits per heavy atom. The normalized spacial score (nSPS) is 17.5. The van der Waals surface area contributed by atoms with Crippen molar-refractivity contribution in [3.8, 4) is 0 Å². The number of rotatable bonds is 5. The van der Waals surface area contributed by atoms with Crippen LogP contribution in [-0.2, 0) is 19.1 Å². The van der Waals surface area contributed by atoms with Crippen LogP contribution in [0.1, 0.15) is 20.8 Å². The van der Waals surface area contributed by atoms with E-state index in [0.29, 0.717) is 0 Å². The molecule has 1 aliphatic rings. The third-order valence-electron chi connectivity index (χ3n) is 2.88. The quantitative estimate of drug-likeness (QED) is 0.711. The van der Waals surface area contributed by atoms with Crippen molar-refractivity contribution in [3.63, 3.8) is 0 Å².